The number of hydrogen-bond donors (Lipinski definition) is 1. The summed E-state index contributed by atoms with van der Waals surface area (Å²) in [5.74, 6) is 0.192. The van der Waals surface area contributed by atoms with Crippen molar-refractivity contribution < 1.29 is 9.59 Å². The third-order valence-electron chi connectivity index (χ3n) is 3.21. The fraction of sp³-hybridized carbons (Fsp3) is 0.500. The molecule has 1 aliphatic heterocycles. The number of halogens is 1. The van der Waals surface area contributed by atoms with Gasteiger partial charge in [0, 0.05) is 30.5 Å². The minimum absolute atomic E-state index is 0.0471. The molecule has 1 aliphatic rings. The van der Waals surface area contributed by atoms with E-state index in [1.165, 1.54) is 11.3 Å². The topological polar surface area (TPSA) is 49.4 Å². The SMILES string of the molecule is CNC(=O)C1CCN(C(=O)c2sccc2Br)CC1. The van der Waals surface area contributed by atoms with E-state index in [1.807, 2.05) is 16.3 Å². The average molecular weight is 331 g/mol. The smallest absolute Gasteiger partial charge is 0.265 e. The summed E-state index contributed by atoms with van der Waals surface area (Å²) >= 11 is 4.82. The molecule has 1 fully saturated rings. The Balaban J connectivity index is 1.96. The van der Waals surface area contributed by atoms with Crippen molar-refractivity contribution in [2.45, 2.75) is 12.8 Å². The first-order chi connectivity index (χ1) is 8.63. The van der Waals surface area contributed by atoms with Gasteiger partial charge in [0.1, 0.15) is 4.88 Å². The highest BCUT2D eigenvalue weighted by atomic mass is 79.9. The molecule has 4 nitrogen and oxygen atoms in total. The molecule has 0 aliphatic carbocycles. The molecule has 0 spiro atoms. The van der Waals surface area contributed by atoms with E-state index in [0.29, 0.717) is 13.1 Å². The average Bonchev–Trinajstić information content (AvgIpc) is 2.83. The first-order valence-electron chi connectivity index (χ1n) is 5.87. The molecular weight excluding hydrogens is 316 g/mol. The fourth-order valence-corrected chi connectivity index (χ4v) is 3.65. The maximum absolute atomic E-state index is 12.2. The normalized spacial score (nSPS) is 16.7. The van der Waals surface area contributed by atoms with E-state index in [-0.39, 0.29) is 17.7 Å². The highest BCUT2D eigenvalue weighted by Crippen LogP contribution is 2.26. The number of carbonyl (C=O) groups excluding carboxylic acids is 2. The van der Waals surface area contributed by atoms with Crippen LogP contribution >= 0.6 is 27.3 Å². The van der Waals surface area contributed by atoms with Crippen LogP contribution in [0.3, 0.4) is 0 Å². The number of nitrogens with zero attached hydrogens (tertiary/aromatic N) is 1. The summed E-state index contributed by atoms with van der Waals surface area (Å²) in [5, 5.41) is 4.57. The molecule has 2 amide bonds. The quantitative estimate of drug-likeness (QED) is 0.902. The van der Waals surface area contributed by atoms with Gasteiger partial charge in [-0.15, -0.1) is 11.3 Å². The summed E-state index contributed by atoms with van der Waals surface area (Å²) in [4.78, 5) is 26.3. The van der Waals surface area contributed by atoms with E-state index >= 15 is 0 Å². The van der Waals surface area contributed by atoms with Crippen LogP contribution in [0.2, 0.25) is 0 Å². The molecule has 2 rings (SSSR count). The van der Waals surface area contributed by atoms with Gasteiger partial charge in [0.15, 0.2) is 0 Å². The number of hydrogen-bond acceptors (Lipinski definition) is 3. The van der Waals surface area contributed by atoms with Gasteiger partial charge in [-0.1, -0.05) is 0 Å². The van der Waals surface area contributed by atoms with Crippen LogP contribution in [-0.4, -0.2) is 36.9 Å². The van der Waals surface area contributed by atoms with Gasteiger partial charge >= 0.3 is 0 Å². The van der Waals surface area contributed by atoms with Gasteiger partial charge in [-0.3, -0.25) is 9.59 Å². The molecule has 1 aromatic rings. The summed E-state index contributed by atoms with van der Waals surface area (Å²) in [6.07, 6.45) is 1.49. The number of likely N-dealkylation sites (tertiary alicyclic amines) is 1. The molecule has 0 radical (unpaired) electrons. The Bertz CT molecular complexity index is 453. The van der Waals surface area contributed by atoms with Crippen LogP contribution in [0.4, 0.5) is 0 Å². The monoisotopic (exact) mass is 330 g/mol. The van der Waals surface area contributed by atoms with E-state index < -0.39 is 0 Å². The third-order valence-corrected chi connectivity index (χ3v) is 5.04. The number of amides is 2. The lowest BCUT2D eigenvalue weighted by Crippen LogP contribution is -2.42. The van der Waals surface area contributed by atoms with Crippen molar-refractivity contribution in [3.63, 3.8) is 0 Å². The van der Waals surface area contributed by atoms with Crippen LogP contribution < -0.4 is 5.32 Å². The molecule has 1 aromatic heterocycles. The largest absolute Gasteiger partial charge is 0.359 e. The van der Waals surface area contributed by atoms with Crippen molar-refractivity contribution >= 4 is 39.1 Å². The maximum atomic E-state index is 12.2. The Kier molecular flexibility index (Phi) is 4.40. The predicted molar refractivity (Wildman–Crippen MR) is 74.7 cm³/mol. The molecule has 18 heavy (non-hydrogen) atoms. The molecule has 6 heteroatoms. The molecule has 98 valence electrons. The summed E-state index contributed by atoms with van der Waals surface area (Å²) in [5.41, 5.74) is 0. The Hall–Kier alpha value is -0.880. The van der Waals surface area contributed by atoms with Gasteiger partial charge in [0.25, 0.3) is 5.91 Å². The third kappa shape index (κ3) is 2.75. The van der Waals surface area contributed by atoms with E-state index in [2.05, 4.69) is 21.2 Å². The minimum atomic E-state index is 0.0471. The van der Waals surface area contributed by atoms with Crippen LogP contribution in [0.25, 0.3) is 0 Å². The zero-order chi connectivity index (χ0) is 13.1. The molecule has 0 aromatic carbocycles. The second kappa shape index (κ2) is 5.84. The molecule has 0 bridgehead atoms. The second-order valence-electron chi connectivity index (χ2n) is 4.28. The molecule has 0 atom stereocenters. The van der Waals surface area contributed by atoms with Crippen molar-refractivity contribution in [1.29, 1.82) is 0 Å². The Morgan fingerprint density at radius 3 is 2.61 bits per heavy atom. The predicted octanol–water partition coefficient (Wildman–Crippen LogP) is 2.11. The van der Waals surface area contributed by atoms with Crippen molar-refractivity contribution in [3.8, 4) is 0 Å². The minimum Gasteiger partial charge on any atom is -0.359 e. The zero-order valence-electron chi connectivity index (χ0n) is 10.1. The highest BCUT2D eigenvalue weighted by molar-refractivity contribution is 9.10. The molecular formula is C12H15BrN2O2S. The van der Waals surface area contributed by atoms with Gasteiger partial charge < -0.3 is 10.2 Å². The van der Waals surface area contributed by atoms with E-state index in [1.54, 1.807) is 7.05 Å². The second-order valence-corrected chi connectivity index (χ2v) is 6.05. The number of rotatable bonds is 2. The maximum Gasteiger partial charge on any atom is 0.265 e. The highest BCUT2D eigenvalue weighted by Gasteiger charge is 2.28. The number of piperidine rings is 1. The summed E-state index contributed by atoms with van der Waals surface area (Å²) < 4.78 is 0.853. The molecule has 0 saturated carbocycles. The first kappa shape index (κ1) is 13.5. The first-order valence-corrected chi connectivity index (χ1v) is 7.54. The standard InChI is InChI=1S/C12H15BrN2O2S/c1-14-11(16)8-2-5-15(6-3-8)12(17)10-9(13)4-7-18-10/h4,7-8H,2-3,5-6H2,1H3,(H,14,16). The number of thiophene rings is 1. The van der Waals surface area contributed by atoms with Crippen LogP contribution in [0.15, 0.2) is 15.9 Å². The fourth-order valence-electron chi connectivity index (χ4n) is 2.14. The summed E-state index contributed by atoms with van der Waals surface area (Å²) in [7, 11) is 1.66. The lowest BCUT2D eigenvalue weighted by Gasteiger charge is -2.30. The van der Waals surface area contributed by atoms with Crippen molar-refractivity contribution in [2.75, 3.05) is 20.1 Å². The van der Waals surface area contributed by atoms with Crippen LogP contribution in [0.1, 0.15) is 22.5 Å². The van der Waals surface area contributed by atoms with Crippen LogP contribution in [-0.2, 0) is 4.79 Å². The van der Waals surface area contributed by atoms with Crippen molar-refractivity contribution in [1.82, 2.24) is 10.2 Å². The lowest BCUT2D eigenvalue weighted by molar-refractivity contribution is -0.125. The van der Waals surface area contributed by atoms with Gasteiger partial charge in [0.2, 0.25) is 5.91 Å². The van der Waals surface area contributed by atoms with E-state index in [4.69, 9.17) is 0 Å². The van der Waals surface area contributed by atoms with Gasteiger partial charge in [-0.05, 0) is 40.2 Å². The van der Waals surface area contributed by atoms with Crippen LogP contribution in [0.5, 0.6) is 0 Å². The number of carbonyl (C=O) groups is 2. The molecule has 1 saturated heterocycles. The van der Waals surface area contributed by atoms with Crippen molar-refractivity contribution in [3.05, 3.63) is 20.8 Å². The Morgan fingerprint density at radius 2 is 2.11 bits per heavy atom. The van der Waals surface area contributed by atoms with Gasteiger partial charge in [0.05, 0.1) is 0 Å². The zero-order valence-corrected chi connectivity index (χ0v) is 12.5. The van der Waals surface area contributed by atoms with Crippen molar-refractivity contribution in [2.24, 2.45) is 5.92 Å². The summed E-state index contributed by atoms with van der Waals surface area (Å²) in [6, 6.07) is 1.88. The Labute approximate surface area is 118 Å². The van der Waals surface area contributed by atoms with E-state index in [0.717, 1.165) is 22.2 Å². The Morgan fingerprint density at radius 1 is 1.44 bits per heavy atom. The molecule has 2 heterocycles. The lowest BCUT2D eigenvalue weighted by atomic mass is 9.96. The van der Waals surface area contributed by atoms with E-state index in [9.17, 15) is 9.59 Å². The van der Waals surface area contributed by atoms with Crippen LogP contribution in [0, 0.1) is 5.92 Å². The molecule has 1 N–H and O–H groups in total. The number of nitrogens with one attached hydrogen (secondary N) is 1. The van der Waals surface area contributed by atoms with Gasteiger partial charge in [-0.2, -0.15) is 0 Å². The summed E-state index contributed by atoms with van der Waals surface area (Å²) in [6.45, 7) is 1.31. The molecule has 0 unspecified atom stereocenters. The van der Waals surface area contributed by atoms with Gasteiger partial charge in [-0.25, -0.2) is 0 Å².